The summed E-state index contributed by atoms with van der Waals surface area (Å²) in [4.78, 5) is 21.0. The summed E-state index contributed by atoms with van der Waals surface area (Å²) >= 11 is 18.7. The molecule has 2 aliphatic rings. The zero-order chi connectivity index (χ0) is 20.4. The molecule has 2 fully saturated rings. The van der Waals surface area contributed by atoms with Gasteiger partial charge in [0.05, 0.1) is 34.5 Å². The van der Waals surface area contributed by atoms with Gasteiger partial charge in [0.1, 0.15) is 11.1 Å². The molecule has 6 nitrogen and oxygen atoms in total. The van der Waals surface area contributed by atoms with E-state index in [2.05, 4.69) is 9.88 Å². The number of amides is 1. The van der Waals surface area contributed by atoms with Gasteiger partial charge in [-0.25, -0.2) is 4.98 Å². The van der Waals surface area contributed by atoms with Gasteiger partial charge < -0.3 is 19.3 Å². The molecule has 154 valence electrons. The lowest BCUT2D eigenvalue weighted by Gasteiger charge is -2.36. The second kappa shape index (κ2) is 8.96. The molecule has 29 heavy (non-hydrogen) atoms. The number of hydrogen-bond acceptors (Lipinski definition) is 5. The largest absolute Gasteiger partial charge is 0.471 e. The van der Waals surface area contributed by atoms with Crippen LogP contribution in [0.5, 0.6) is 5.88 Å². The van der Waals surface area contributed by atoms with Crippen LogP contribution in [0, 0.1) is 0 Å². The molecule has 0 aliphatic carbocycles. The minimum atomic E-state index is -0.105. The maximum Gasteiger partial charge on any atom is 0.255 e. The van der Waals surface area contributed by atoms with Crippen molar-refractivity contribution in [3.8, 4) is 5.88 Å². The predicted molar refractivity (Wildman–Crippen MR) is 114 cm³/mol. The number of rotatable bonds is 4. The van der Waals surface area contributed by atoms with Gasteiger partial charge in [0.25, 0.3) is 5.91 Å². The molecule has 1 aromatic carbocycles. The minimum absolute atomic E-state index is 0.0482. The van der Waals surface area contributed by atoms with Crippen LogP contribution >= 0.6 is 34.8 Å². The molecule has 2 saturated heterocycles. The summed E-state index contributed by atoms with van der Waals surface area (Å²) in [6.45, 7) is 3.66. The molecule has 1 aromatic heterocycles. The van der Waals surface area contributed by atoms with Crippen LogP contribution in [0.25, 0.3) is 0 Å². The van der Waals surface area contributed by atoms with Gasteiger partial charge in [-0.2, -0.15) is 0 Å². The van der Waals surface area contributed by atoms with E-state index in [9.17, 15) is 4.79 Å². The van der Waals surface area contributed by atoms with Crippen molar-refractivity contribution in [3.05, 3.63) is 51.1 Å². The van der Waals surface area contributed by atoms with Gasteiger partial charge in [-0.15, -0.1) is 0 Å². The maximum atomic E-state index is 12.9. The Bertz CT molecular complexity index is 898. The van der Waals surface area contributed by atoms with Crippen molar-refractivity contribution in [1.82, 2.24) is 9.88 Å². The summed E-state index contributed by atoms with van der Waals surface area (Å²) in [5.74, 6) is 0.228. The van der Waals surface area contributed by atoms with Crippen LogP contribution < -0.4 is 9.64 Å². The molecule has 0 bridgehead atoms. The van der Waals surface area contributed by atoms with Crippen LogP contribution in [0.1, 0.15) is 16.8 Å². The summed E-state index contributed by atoms with van der Waals surface area (Å²) in [6, 6.07) is 7.18. The van der Waals surface area contributed by atoms with Crippen molar-refractivity contribution in [3.63, 3.8) is 0 Å². The van der Waals surface area contributed by atoms with Crippen LogP contribution in [0.15, 0.2) is 30.5 Å². The molecule has 1 amide bonds. The molecule has 2 aromatic rings. The van der Waals surface area contributed by atoms with Crippen LogP contribution in [-0.2, 0) is 4.74 Å². The molecule has 3 heterocycles. The van der Waals surface area contributed by atoms with E-state index in [1.54, 1.807) is 17.0 Å². The first-order valence-corrected chi connectivity index (χ1v) is 10.5. The Kier molecular flexibility index (Phi) is 6.35. The second-order valence-corrected chi connectivity index (χ2v) is 8.16. The Labute approximate surface area is 184 Å². The lowest BCUT2D eigenvalue weighted by Crippen LogP contribution is -2.48. The van der Waals surface area contributed by atoms with Crippen molar-refractivity contribution >= 4 is 46.4 Å². The van der Waals surface area contributed by atoms with Crippen molar-refractivity contribution in [1.29, 1.82) is 0 Å². The molecule has 4 rings (SSSR count). The number of piperazine rings is 1. The lowest BCUT2D eigenvalue weighted by molar-refractivity contribution is 0.0746. The summed E-state index contributed by atoms with van der Waals surface area (Å²) in [7, 11) is 0. The molecule has 9 heteroatoms. The highest BCUT2D eigenvalue weighted by atomic mass is 35.5. The van der Waals surface area contributed by atoms with Crippen LogP contribution in [0.2, 0.25) is 15.1 Å². The summed E-state index contributed by atoms with van der Waals surface area (Å²) in [5, 5.41) is 1.38. The SMILES string of the molecule is O=C(c1cnc(OC2CCOC2)c(Cl)c1)N1CCN(c2cccc(Cl)c2Cl)CC1. The van der Waals surface area contributed by atoms with Gasteiger partial charge >= 0.3 is 0 Å². The zero-order valence-corrected chi connectivity index (χ0v) is 17.9. The first kappa shape index (κ1) is 20.5. The van der Waals surface area contributed by atoms with Crippen LogP contribution in [-0.4, -0.2) is 61.3 Å². The first-order valence-electron chi connectivity index (χ1n) is 9.41. The standard InChI is InChI=1S/C20H20Cl3N3O3/c21-15-2-1-3-17(18(15)23)25-5-7-26(8-6-25)20(27)13-10-16(22)19(24-11-13)29-14-4-9-28-12-14/h1-3,10-11,14H,4-9,12H2. The van der Waals surface area contributed by atoms with Gasteiger partial charge in [-0.05, 0) is 18.2 Å². The number of benzene rings is 1. The third kappa shape index (κ3) is 4.56. The summed E-state index contributed by atoms with van der Waals surface area (Å²) in [6.07, 6.45) is 2.27. The molecular weight excluding hydrogens is 437 g/mol. The molecule has 0 N–H and O–H groups in total. The first-order chi connectivity index (χ1) is 14.0. The lowest BCUT2D eigenvalue weighted by atomic mass is 10.2. The Hall–Kier alpha value is -1.73. The molecule has 0 saturated carbocycles. The number of aromatic nitrogens is 1. The Morgan fingerprint density at radius 2 is 1.93 bits per heavy atom. The van der Waals surface area contributed by atoms with Crippen molar-refractivity contribution in [2.75, 3.05) is 44.3 Å². The van der Waals surface area contributed by atoms with Gasteiger partial charge in [0, 0.05) is 38.8 Å². The number of carbonyl (C=O) groups excluding carboxylic acids is 1. The molecule has 1 atom stereocenters. The van der Waals surface area contributed by atoms with E-state index in [4.69, 9.17) is 44.3 Å². The van der Waals surface area contributed by atoms with E-state index in [-0.39, 0.29) is 12.0 Å². The number of hydrogen-bond donors (Lipinski definition) is 0. The number of nitrogens with zero attached hydrogens (tertiary/aromatic N) is 3. The van der Waals surface area contributed by atoms with Gasteiger partial charge in [0.2, 0.25) is 5.88 Å². The highest BCUT2D eigenvalue weighted by Crippen LogP contribution is 2.33. The minimum Gasteiger partial charge on any atom is -0.471 e. The molecule has 2 aliphatic heterocycles. The molecular formula is C20H20Cl3N3O3. The van der Waals surface area contributed by atoms with E-state index in [1.807, 2.05) is 12.1 Å². The number of ether oxygens (including phenoxy) is 2. The smallest absolute Gasteiger partial charge is 0.255 e. The van der Waals surface area contributed by atoms with E-state index >= 15 is 0 Å². The van der Waals surface area contributed by atoms with E-state index in [0.29, 0.717) is 65.9 Å². The van der Waals surface area contributed by atoms with Gasteiger partial charge in [0.15, 0.2) is 0 Å². The van der Waals surface area contributed by atoms with Crippen LogP contribution in [0.3, 0.4) is 0 Å². The van der Waals surface area contributed by atoms with Gasteiger partial charge in [-0.3, -0.25) is 4.79 Å². The quantitative estimate of drug-likeness (QED) is 0.691. The Balaban J connectivity index is 1.39. The van der Waals surface area contributed by atoms with Crippen molar-refractivity contribution in [2.24, 2.45) is 0 Å². The Morgan fingerprint density at radius 1 is 1.14 bits per heavy atom. The normalized spacial score (nSPS) is 19.5. The fourth-order valence-electron chi connectivity index (χ4n) is 3.46. The third-order valence-electron chi connectivity index (χ3n) is 5.06. The topological polar surface area (TPSA) is 54.9 Å². The molecule has 0 spiro atoms. The van der Waals surface area contributed by atoms with E-state index < -0.39 is 0 Å². The number of pyridine rings is 1. The maximum absolute atomic E-state index is 12.9. The fourth-order valence-corrected chi connectivity index (χ4v) is 4.09. The zero-order valence-electron chi connectivity index (χ0n) is 15.6. The third-order valence-corrected chi connectivity index (χ3v) is 6.14. The highest BCUT2D eigenvalue weighted by Gasteiger charge is 2.25. The average molecular weight is 457 g/mol. The highest BCUT2D eigenvalue weighted by molar-refractivity contribution is 6.43. The van der Waals surface area contributed by atoms with E-state index in [1.165, 1.54) is 6.20 Å². The average Bonchev–Trinajstić information content (AvgIpc) is 3.24. The fraction of sp³-hybridized carbons (Fsp3) is 0.400. The number of halogens is 3. The second-order valence-electron chi connectivity index (χ2n) is 6.97. The predicted octanol–water partition coefficient (Wildman–Crippen LogP) is 4.17. The Morgan fingerprint density at radius 3 is 2.62 bits per heavy atom. The molecule has 0 radical (unpaired) electrons. The number of anilines is 1. The van der Waals surface area contributed by atoms with E-state index in [0.717, 1.165) is 12.1 Å². The molecule has 1 unspecified atom stereocenters. The number of carbonyl (C=O) groups is 1. The van der Waals surface area contributed by atoms with Crippen molar-refractivity contribution in [2.45, 2.75) is 12.5 Å². The summed E-state index contributed by atoms with van der Waals surface area (Å²) in [5.41, 5.74) is 1.33. The van der Waals surface area contributed by atoms with Crippen molar-refractivity contribution < 1.29 is 14.3 Å². The van der Waals surface area contributed by atoms with Gasteiger partial charge in [-0.1, -0.05) is 40.9 Å². The van der Waals surface area contributed by atoms with Crippen LogP contribution in [0.4, 0.5) is 5.69 Å². The monoisotopic (exact) mass is 455 g/mol. The summed E-state index contributed by atoms with van der Waals surface area (Å²) < 4.78 is 11.0.